The van der Waals surface area contributed by atoms with Gasteiger partial charge >= 0.3 is 5.97 Å². The molecule has 1 aromatic carbocycles. The first-order chi connectivity index (χ1) is 13.0. The van der Waals surface area contributed by atoms with Crippen molar-refractivity contribution >= 4 is 41.8 Å². The van der Waals surface area contributed by atoms with Crippen molar-refractivity contribution in [2.45, 2.75) is 33.1 Å². The van der Waals surface area contributed by atoms with Crippen molar-refractivity contribution in [3.8, 4) is 0 Å². The fourth-order valence-electron chi connectivity index (χ4n) is 2.43. The SMILES string of the molecule is CCNC(=NCCCC(=O)OCC)NCCc1cccc(C(=O)N(C)C)c1.I. The first-order valence-corrected chi connectivity index (χ1v) is 9.46. The molecule has 1 amide bonds. The number of hydrogen-bond acceptors (Lipinski definition) is 4. The lowest BCUT2D eigenvalue weighted by atomic mass is 10.1. The summed E-state index contributed by atoms with van der Waals surface area (Å²) in [6.45, 7) is 6.23. The minimum Gasteiger partial charge on any atom is -0.466 e. The molecule has 0 spiro atoms. The van der Waals surface area contributed by atoms with Gasteiger partial charge in [0, 0.05) is 45.7 Å². The zero-order valence-corrected chi connectivity index (χ0v) is 19.6. The minimum atomic E-state index is -0.183. The Balaban J connectivity index is 0.00000729. The maximum atomic E-state index is 12.0. The van der Waals surface area contributed by atoms with E-state index in [4.69, 9.17) is 4.74 Å². The summed E-state index contributed by atoms with van der Waals surface area (Å²) in [4.78, 5) is 29.4. The average molecular weight is 504 g/mol. The Kier molecular flexibility index (Phi) is 14.1. The highest BCUT2D eigenvalue weighted by Gasteiger charge is 2.08. The summed E-state index contributed by atoms with van der Waals surface area (Å²) in [6, 6.07) is 7.67. The van der Waals surface area contributed by atoms with E-state index in [1.165, 1.54) is 0 Å². The number of halogens is 1. The summed E-state index contributed by atoms with van der Waals surface area (Å²) in [6.07, 6.45) is 1.81. The molecule has 0 saturated heterocycles. The molecule has 8 heteroatoms. The summed E-state index contributed by atoms with van der Waals surface area (Å²) in [5.74, 6) is 0.543. The fraction of sp³-hybridized carbons (Fsp3) is 0.550. The van der Waals surface area contributed by atoms with E-state index in [9.17, 15) is 9.59 Å². The number of nitrogens with zero attached hydrogens (tertiary/aromatic N) is 2. The Morgan fingerprint density at radius 1 is 1.18 bits per heavy atom. The molecule has 1 rings (SSSR count). The molecule has 28 heavy (non-hydrogen) atoms. The molecule has 0 aliphatic heterocycles. The van der Waals surface area contributed by atoms with Crippen LogP contribution in [0.3, 0.4) is 0 Å². The monoisotopic (exact) mass is 504 g/mol. The van der Waals surface area contributed by atoms with Gasteiger partial charge in [-0.1, -0.05) is 12.1 Å². The number of esters is 1. The van der Waals surface area contributed by atoms with Gasteiger partial charge in [0.25, 0.3) is 5.91 Å². The van der Waals surface area contributed by atoms with E-state index < -0.39 is 0 Å². The van der Waals surface area contributed by atoms with Crippen molar-refractivity contribution in [1.29, 1.82) is 0 Å². The molecule has 0 bridgehead atoms. The van der Waals surface area contributed by atoms with Crippen LogP contribution in [0.15, 0.2) is 29.3 Å². The Morgan fingerprint density at radius 2 is 1.93 bits per heavy atom. The molecule has 0 atom stereocenters. The predicted molar refractivity (Wildman–Crippen MR) is 123 cm³/mol. The van der Waals surface area contributed by atoms with E-state index in [0.29, 0.717) is 38.1 Å². The van der Waals surface area contributed by atoms with Crippen LogP contribution in [-0.4, -0.2) is 63.1 Å². The van der Waals surface area contributed by atoms with Crippen LogP contribution in [0.2, 0.25) is 0 Å². The number of rotatable bonds is 10. The number of ether oxygens (including phenoxy) is 1. The predicted octanol–water partition coefficient (Wildman–Crippen LogP) is 2.45. The average Bonchev–Trinajstić information content (AvgIpc) is 2.65. The number of aliphatic imine (C=N–C) groups is 1. The Morgan fingerprint density at radius 3 is 2.57 bits per heavy atom. The topological polar surface area (TPSA) is 83.0 Å². The van der Waals surface area contributed by atoms with Gasteiger partial charge in [0.05, 0.1) is 6.61 Å². The second kappa shape index (κ2) is 15.1. The molecule has 0 fully saturated rings. The van der Waals surface area contributed by atoms with Gasteiger partial charge in [0.1, 0.15) is 0 Å². The van der Waals surface area contributed by atoms with Crippen LogP contribution in [0, 0.1) is 0 Å². The van der Waals surface area contributed by atoms with Crippen LogP contribution in [0.5, 0.6) is 0 Å². The Labute approximate surface area is 185 Å². The molecule has 2 N–H and O–H groups in total. The third-order valence-electron chi connectivity index (χ3n) is 3.74. The lowest BCUT2D eigenvalue weighted by Crippen LogP contribution is -2.38. The van der Waals surface area contributed by atoms with E-state index in [1.54, 1.807) is 25.9 Å². The number of benzene rings is 1. The zero-order valence-electron chi connectivity index (χ0n) is 17.3. The van der Waals surface area contributed by atoms with Crippen molar-refractivity contribution in [3.05, 3.63) is 35.4 Å². The third kappa shape index (κ3) is 10.5. The van der Waals surface area contributed by atoms with Crippen LogP contribution in [0.4, 0.5) is 0 Å². The maximum Gasteiger partial charge on any atom is 0.305 e. The summed E-state index contributed by atoms with van der Waals surface area (Å²) < 4.78 is 4.91. The number of nitrogens with one attached hydrogen (secondary N) is 2. The maximum absolute atomic E-state index is 12.0. The Bertz CT molecular complexity index is 636. The van der Waals surface area contributed by atoms with Gasteiger partial charge in [-0.2, -0.15) is 0 Å². The molecule has 0 aromatic heterocycles. The van der Waals surface area contributed by atoms with Crippen LogP contribution >= 0.6 is 24.0 Å². The van der Waals surface area contributed by atoms with Crippen molar-refractivity contribution in [3.63, 3.8) is 0 Å². The molecule has 0 aliphatic rings. The lowest BCUT2D eigenvalue weighted by molar-refractivity contribution is -0.143. The van der Waals surface area contributed by atoms with Gasteiger partial charge in [-0.15, -0.1) is 24.0 Å². The largest absolute Gasteiger partial charge is 0.466 e. The molecule has 0 saturated carbocycles. The molecule has 0 aliphatic carbocycles. The quantitative estimate of drug-likeness (QED) is 0.168. The normalized spacial score (nSPS) is 10.6. The second-order valence-electron chi connectivity index (χ2n) is 6.25. The molecule has 0 heterocycles. The number of carbonyl (C=O) groups excluding carboxylic acids is 2. The van der Waals surface area contributed by atoms with Gasteiger partial charge in [-0.05, 0) is 44.4 Å². The van der Waals surface area contributed by atoms with Gasteiger partial charge in [-0.3, -0.25) is 14.6 Å². The molecular weight excluding hydrogens is 471 g/mol. The standard InChI is InChI=1S/C20H32N4O3.HI/c1-5-21-20(22-13-8-11-18(25)27-6-2)23-14-12-16-9-7-10-17(15-16)19(26)24(3)4;/h7,9-10,15H,5-6,8,11-14H2,1-4H3,(H2,21,22,23);1H. The van der Waals surface area contributed by atoms with Crippen molar-refractivity contribution in [2.24, 2.45) is 4.99 Å². The minimum absolute atomic E-state index is 0. The summed E-state index contributed by atoms with van der Waals surface area (Å²) in [5, 5.41) is 6.47. The van der Waals surface area contributed by atoms with Crippen molar-refractivity contribution < 1.29 is 14.3 Å². The highest BCUT2D eigenvalue weighted by Crippen LogP contribution is 2.07. The fourth-order valence-corrected chi connectivity index (χ4v) is 2.43. The smallest absolute Gasteiger partial charge is 0.305 e. The number of guanidine groups is 1. The summed E-state index contributed by atoms with van der Waals surface area (Å²) in [5.41, 5.74) is 1.78. The van der Waals surface area contributed by atoms with Gasteiger partial charge < -0.3 is 20.3 Å². The van der Waals surface area contributed by atoms with Crippen LogP contribution < -0.4 is 10.6 Å². The summed E-state index contributed by atoms with van der Waals surface area (Å²) >= 11 is 0. The Hall–Kier alpha value is -1.84. The van der Waals surface area contributed by atoms with Gasteiger partial charge in [0.15, 0.2) is 5.96 Å². The van der Waals surface area contributed by atoms with E-state index in [1.807, 2.05) is 31.2 Å². The van der Waals surface area contributed by atoms with Crippen LogP contribution in [-0.2, 0) is 16.0 Å². The molecule has 0 unspecified atom stereocenters. The zero-order chi connectivity index (χ0) is 20.1. The number of carbonyl (C=O) groups is 2. The third-order valence-corrected chi connectivity index (χ3v) is 3.74. The van der Waals surface area contributed by atoms with Gasteiger partial charge in [-0.25, -0.2) is 0 Å². The number of hydrogen-bond donors (Lipinski definition) is 2. The van der Waals surface area contributed by atoms with Crippen LogP contribution in [0.1, 0.15) is 42.6 Å². The van der Waals surface area contributed by atoms with E-state index in [2.05, 4.69) is 15.6 Å². The van der Waals surface area contributed by atoms with Crippen molar-refractivity contribution in [1.82, 2.24) is 15.5 Å². The molecule has 0 radical (unpaired) electrons. The number of amides is 1. The van der Waals surface area contributed by atoms with Crippen LogP contribution in [0.25, 0.3) is 0 Å². The molecule has 1 aromatic rings. The molecule has 7 nitrogen and oxygen atoms in total. The second-order valence-corrected chi connectivity index (χ2v) is 6.25. The van der Waals surface area contributed by atoms with E-state index in [-0.39, 0.29) is 35.9 Å². The van der Waals surface area contributed by atoms with E-state index in [0.717, 1.165) is 24.5 Å². The van der Waals surface area contributed by atoms with E-state index >= 15 is 0 Å². The van der Waals surface area contributed by atoms with Crippen molar-refractivity contribution in [2.75, 3.05) is 40.3 Å². The molecule has 158 valence electrons. The molecular formula is C20H33IN4O3. The van der Waals surface area contributed by atoms with Gasteiger partial charge in [0.2, 0.25) is 0 Å². The lowest BCUT2D eigenvalue weighted by Gasteiger charge is -2.13. The highest BCUT2D eigenvalue weighted by atomic mass is 127. The first kappa shape index (κ1) is 26.2. The summed E-state index contributed by atoms with van der Waals surface area (Å²) in [7, 11) is 3.50. The first-order valence-electron chi connectivity index (χ1n) is 9.46. The highest BCUT2D eigenvalue weighted by molar-refractivity contribution is 14.0.